The fourth-order valence-corrected chi connectivity index (χ4v) is 3.83. The summed E-state index contributed by atoms with van der Waals surface area (Å²) in [5.41, 5.74) is 0. The molecule has 0 aliphatic rings. The second kappa shape index (κ2) is 5.41. The molecule has 0 unspecified atom stereocenters. The summed E-state index contributed by atoms with van der Waals surface area (Å²) in [6, 6.07) is 2.19. The molecule has 7 heteroatoms. The molecule has 0 atom stereocenters. The maximum Gasteiger partial charge on any atom is 0.224 e. The van der Waals surface area contributed by atoms with Gasteiger partial charge in [-0.05, 0) is 12.5 Å². The van der Waals surface area contributed by atoms with Crippen molar-refractivity contribution >= 4 is 39.3 Å². The minimum atomic E-state index is 0.661. The molecule has 0 aliphatic carbocycles. The van der Waals surface area contributed by atoms with Gasteiger partial charge in [0, 0.05) is 30.6 Å². The lowest BCUT2D eigenvalue weighted by Gasteiger charge is -2.03. The van der Waals surface area contributed by atoms with Gasteiger partial charge in [0.1, 0.15) is 9.86 Å². The zero-order chi connectivity index (χ0) is 14.1. The zero-order valence-corrected chi connectivity index (χ0v) is 13.2. The number of aromatic nitrogens is 4. The molecule has 0 fully saturated rings. The molecular weight excluding hydrogens is 290 g/mol. The third-order valence-electron chi connectivity index (χ3n) is 2.88. The van der Waals surface area contributed by atoms with E-state index in [9.17, 15) is 0 Å². The van der Waals surface area contributed by atoms with E-state index < -0.39 is 0 Å². The van der Waals surface area contributed by atoms with Crippen molar-refractivity contribution in [2.24, 2.45) is 7.05 Å². The average molecular weight is 305 g/mol. The van der Waals surface area contributed by atoms with E-state index in [-0.39, 0.29) is 0 Å². The van der Waals surface area contributed by atoms with Crippen molar-refractivity contribution in [1.29, 1.82) is 0 Å². The molecule has 5 nitrogen and oxygen atoms in total. The fraction of sp³-hybridized carbons (Fsp3) is 0.308. The normalized spacial score (nSPS) is 11.2. The molecule has 0 radical (unpaired) electrons. The Balaban J connectivity index is 2.09. The van der Waals surface area contributed by atoms with Crippen LogP contribution in [0.1, 0.15) is 11.8 Å². The van der Waals surface area contributed by atoms with Crippen molar-refractivity contribution in [1.82, 2.24) is 19.7 Å². The van der Waals surface area contributed by atoms with Crippen LogP contribution in [-0.4, -0.2) is 26.8 Å². The predicted molar refractivity (Wildman–Crippen MR) is 83.7 cm³/mol. The number of hydrogen-bond acceptors (Lipinski definition) is 6. The van der Waals surface area contributed by atoms with Crippen LogP contribution in [0, 0.1) is 0 Å². The minimum Gasteiger partial charge on any atom is -0.357 e. The number of nitrogens with one attached hydrogen (secondary N) is 1. The lowest BCUT2D eigenvalue weighted by atomic mass is 10.3. The van der Waals surface area contributed by atoms with Crippen LogP contribution in [0.15, 0.2) is 28.4 Å². The Kier molecular flexibility index (Phi) is 3.62. The standard InChI is InChI=1S/C13H15N5S2/c1-4-8-5-10-11(19-8)16-13(14-2)17-12(10)20-9-6-15-18(3)7-9/h5-7H,4H2,1-3H3,(H,14,16,17). The summed E-state index contributed by atoms with van der Waals surface area (Å²) in [7, 11) is 3.76. The van der Waals surface area contributed by atoms with Crippen LogP contribution >= 0.6 is 23.1 Å². The van der Waals surface area contributed by atoms with E-state index in [4.69, 9.17) is 0 Å². The summed E-state index contributed by atoms with van der Waals surface area (Å²) in [6.07, 6.45) is 4.86. The summed E-state index contributed by atoms with van der Waals surface area (Å²) in [5, 5.41) is 9.32. The number of fused-ring (bicyclic) bond motifs is 1. The first kappa shape index (κ1) is 13.4. The molecule has 3 heterocycles. The maximum absolute atomic E-state index is 4.58. The Labute approximate surface area is 125 Å². The molecule has 0 bridgehead atoms. The Bertz CT molecular complexity index is 746. The van der Waals surface area contributed by atoms with E-state index in [0.717, 1.165) is 26.6 Å². The monoisotopic (exact) mass is 305 g/mol. The molecule has 3 aromatic rings. The molecule has 0 aliphatic heterocycles. The van der Waals surface area contributed by atoms with Crippen LogP contribution < -0.4 is 5.32 Å². The molecule has 3 aromatic heterocycles. The van der Waals surface area contributed by atoms with Crippen molar-refractivity contribution in [2.75, 3.05) is 12.4 Å². The molecule has 20 heavy (non-hydrogen) atoms. The van der Waals surface area contributed by atoms with E-state index in [1.807, 2.05) is 26.5 Å². The third kappa shape index (κ3) is 2.51. The van der Waals surface area contributed by atoms with Crippen LogP contribution in [0.4, 0.5) is 5.95 Å². The van der Waals surface area contributed by atoms with Crippen molar-refractivity contribution in [3.8, 4) is 0 Å². The number of rotatable bonds is 4. The number of hydrogen-bond donors (Lipinski definition) is 1. The van der Waals surface area contributed by atoms with Gasteiger partial charge < -0.3 is 5.32 Å². The van der Waals surface area contributed by atoms with Gasteiger partial charge in [-0.2, -0.15) is 5.10 Å². The van der Waals surface area contributed by atoms with Gasteiger partial charge in [-0.1, -0.05) is 18.7 Å². The van der Waals surface area contributed by atoms with Gasteiger partial charge in [0.05, 0.1) is 11.1 Å². The Morgan fingerprint density at radius 3 is 2.90 bits per heavy atom. The first-order valence-corrected chi connectivity index (χ1v) is 7.97. The smallest absolute Gasteiger partial charge is 0.224 e. The average Bonchev–Trinajstić information content (AvgIpc) is 3.04. The summed E-state index contributed by atoms with van der Waals surface area (Å²) in [6.45, 7) is 2.16. The molecule has 1 N–H and O–H groups in total. The number of nitrogens with zero attached hydrogens (tertiary/aromatic N) is 4. The van der Waals surface area contributed by atoms with E-state index in [1.54, 1.807) is 27.8 Å². The topological polar surface area (TPSA) is 55.6 Å². The predicted octanol–water partition coefficient (Wildman–Crippen LogP) is 3.18. The van der Waals surface area contributed by atoms with Crippen molar-refractivity contribution in [3.63, 3.8) is 0 Å². The summed E-state index contributed by atoms with van der Waals surface area (Å²) in [4.78, 5) is 12.6. The van der Waals surface area contributed by atoms with E-state index in [1.165, 1.54) is 4.88 Å². The van der Waals surface area contributed by atoms with Crippen LogP contribution in [-0.2, 0) is 13.5 Å². The second-order valence-electron chi connectivity index (χ2n) is 4.34. The van der Waals surface area contributed by atoms with Gasteiger partial charge in [0.2, 0.25) is 5.95 Å². The highest BCUT2D eigenvalue weighted by atomic mass is 32.2. The number of anilines is 1. The first-order valence-electron chi connectivity index (χ1n) is 6.34. The van der Waals surface area contributed by atoms with Crippen molar-refractivity contribution in [3.05, 3.63) is 23.3 Å². The molecule has 104 valence electrons. The minimum absolute atomic E-state index is 0.661. The SMILES string of the molecule is CCc1cc2c(Sc3cnn(C)c3)nc(NC)nc2s1. The van der Waals surface area contributed by atoms with Gasteiger partial charge in [-0.3, -0.25) is 4.68 Å². The van der Waals surface area contributed by atoms with Crippen LogP contribution in [0.5, 0.6) is 0 Å². The zero-order valence-electron chi connectivity index (χ0n) is 11.5. The summed E-state index contributed by atoms with van der Waals surface area (Å²) in [5.74, 6) is 0.661. The molecule has 0 aromatic carbocycles. The van der Waals surface area contributed by atoms with Gasteiger partial charge in [0.15, 0.2) is 0 Å². The van der Waals surface area contributed by atoms with Gasteiger partial charge in [-0.15, -0.1) is 11.3 Å². The number of aryl methyl sites for hydroxylation is 2. The van der Waals surface area contributed by atoms with Gasteiger partial charge in [-0.25, -0.2) is 9.97 Å². The van der Waals surface area contributed by atoms with E-state index >= 15 is 0 Å². The van der Waals surface area contributed by atoms with Crippen LogP contribution in [0.3, 0.4) is 0 Å². The van der Waals surface area contributed by atoms with E-state index in [0.29, 0.717) is 5.95 Å². The Morgan fingerprint density at radius 2 is 2.25 bits per heavy atom. The van der Waals surface area contributed by atoms with Crippen LogP contribution in [0.2, 0.25) is 0 Å². The van der Waals surface area contributed by atoms with Crippen LogP contribution in [0.25, 0.3) is 10.2 Å². The summed E-state index contributed by atoms with van der Waals surface area (Å²) < 4.78 is 1.80. The quantitative estimate of drug-likeness (QED) is 0.750. The van der Waals surface area contributed by atoms with Gasteiger partial charge >= 0.3 is 0 Å². The molecule has 3 rings (SSSR count). The Morgan fingerprint density at radius 1 is 1.40 bits per heavy atom. The molecule has 0 saturated carbocycles. The highest BCUT2D eigenvalue weighted by Gasteiger charge is 2.12. The van der Waals surface area contributed by atoms with Gasteiger partial charge in [0.25, 0.3) is 0 Å². The van der Waals surface area contributed by atoms with E-state index in [2.05, 4.69) is 33.4 Å². The molecular formula is C13H15N5S2. The first-order chi connectivity index (χ1) is 9.69. The highest BCUT2D eigenvalue weighted by molar-refractivity contribution is 7.99. The van der Waals surface area contributed by atoms with Crippen molar-refractivity contribution < 1.29 is 0 Å². The summed E-state index contributed by atoms with van der Waals surface area (Å²) >= 11 is 3.35. The second-order valence-corrected chi connectivity index (χ2v) is 6.52. The Hall–Kier alpha value is -1.60. The lowest BCUT2D eigenvalue weighted by Crippen LogP contribution is -1.96. The van der Waals surface area contributed by atoms with Crippen molar-refractivity contribution in [2.45, 2.75) is 23.3 Å². The fourth-order valence-electron chi connectivity index (χ4n) is 1.87. The third-order valence-corrected chi connectivity index (χ3v) is 5.00. The largest absolute Gasteiger partial charge is 0.357 e. The lowest BCUT2D eigenvalue weighted by molar-refractivity contribution is 0.766. The molecule has 0 amide bonds. The maximum atomic E-state index is 4.58. The molecule has 0 spiro atoms. The molecule has 0 saturated heterocycles. The highest BCUT2D eigenvalue weighted by Crippen LogP contribution is 2.35. The number of thiophene rings is 1.